The van der Waals surface area contributed by atoms with Crippen LogP contribution in [-0.4, -0.2) is 18.0 Å². The molecule has 2 rings (SSSR count). The number of carbonyl (C=O) groups is 1. The second-order valence-corrected chi connectivity index (χ2v) is 4.88. The van der Waals surface area contributed by atoms with Crippen LogP contribution in [0.3, 0.4) is 0 Å². The van der Waals surface area contributed by atoms with Crippen LogP contribution in [0.4, 0.5) is 0 Å². The molecule has 0 bridgehead atoms. The van der Waals surface area contributed by atoms with E-state index in [0.717, 1.165) is 0 Å². The normalized spacial score (nSPS) is 33.4. The molecule has 1 unspecified atom stereocenters. The van der Waals surface area contributed by atoms with Gasteiger partial charge in [-0.3, -0.25) is 4.79 Å². The van der Waals surface area contributed by atoms with Gasteiger partial charge in [-0.1, -0.05) is 26.7 Å². The highest BCUT2D eigenvalue weighted by molar-refractivity contribution is 5.91. The van der Waals surface area contributed by atoms with Crippen LogP contribution in [0.25, 0.3) is 0 Å². The Balaban J connectivity index is 1.86. The largest absolute Gasteiger partial charge is 0.374 e. The van der Waals surface area contributed by atoms with E-state index in [1.165, 1.54) is 25.7 Å². The van der Waals surface area contributed by atoms with E-state index in [4.69, 9.17) is 4.74 Å². The molecule has 0 spiro atoms. The zero-order valence-electron chi connectivity index (χ0n) is 8.51. The summed E-state index contributed by atoms with van der Waals surface area (Å²) in [7, 11) is 0. The standard InChI is InChI=1S/C11H18O2/c1-11(2)9(12)7-10(11)13-8-5-3-4-6-8/h8,10H,3-7H2,1-2H3. The van der Waals surface area contributed by atoms with E-state index in [9.17, 15) is 4.79 Å². The molecular formula is C11H18O2. The minimum Gasteiger partial charge on any atom is -0.374 e. The first-order valence-corrected chi connectivity index (χ1v) is 5.29. The molecule has 0 aromatic heterocycles. The molecule has 0 aromatic carbocycles. The van der Waals surface area contributed by atoms with E-state index in [-0.39, 0.29) is 11.5 Å². The third-order valence-electron chi connectivity index (χ3n) is 3.55. The molecule has 0 radical (unpaired) electrons. The monoisotopic (exact) mass is 182 g/mol. The van der Waals surface area contributed by atoms with Crippen LogP contribution in [0.5, 0.6) is 0 Å². The Bertz CT molecular complexity index is 214. The van der Waals surface area contributed by atoms with Gasteiger partial charge in [-0.2, -0.15) is 0 Å². The highest BCUT2D eigenvalue weighted by Crippen LogP contribution is 2.40. The number of hydrogen-bond acceptors (Lipinski definition) is 2. The molecule has 0 N–H and O–H groups in total. The maximum Gasteiger partial charge on any atom is 0.143 e. The molecule has 74 valence electrons. The zero-order chi connectivity index (χ0) is 9.47. The molecule has 0 aromatic rings. The molecule has 1 atom stereocenters. The van der Waals surface area contributed by atoms with E-state index < -0.39 is 0 Å². The quantitative estimate of drug-likeness (QED) is 0.655. The van der Waals surface area contributed by atoms with Crippen molar-refractivity contribution in [2.75, 3.05) is 0 Å². The number of rotatable bonds is 2. The molecule has 2 nitrogen and oxygen atoms in total. The van der Waals surface area contributed by atoms with Crippen molar-refractivity contribution in [3.63, 3.8) is 0 Å². The minimum absolute atomic E-state index is 0.197. The second-order valence-electron chi connectivity index (χ2n) is 4.88. The molecule has 0 aliphatic heterocycles. The van der Waals surface area contributed by atoms with Gasteiger partial charge in [-0.05, 0) is 12.8 Å². The average Bonchev–Trinajstić information content (AvgIpc) is 2.56. The first-order chi connectivity index (χ1) is 6.10. The van der Waals surface area contributed by atoms with E-state index in [1.807, 2.05) is 13.8 Å². The number of Topliss-reactive ketones (excluding diaryl/α,β-unsaturated/α-hetero) is 1. The molecular weight excluding hydrogens is 164 g/mol. The first-order valence-electron chi connectivity index (χ1n) is 5.29. The highest BCUT2D eigenvalue weighted by Gasteiger charge is 2.49. The van der Waals surface area contributed by atoms with Gasteiger partial charge in [0.05, 0.1) is 17.6 Å². The zero-order valence-corrected chi connectivity index (χ0v) is 8.51. The summed E-state index contributed by atoms with van der Waals surface area (Å²) in [5.74, 6) is 0.357. The Hall–Kier alpha value is -0.370. The van der Waals surface area contributed by atoms with Crippen LogP contribution in [0, 0.1) is 5.41 Å². The van der Waals surface area contributed by atoms with Crippen LogP contribution < -0.4 is 0 Å². The maximum atomic E-state index is 11.3. The fourth-order valence-electron chi connectivity index (χ4n) is 2.21. The fraction of sp³-hybridized carbons (Fsp3) is 0.909. The lowest BCUT2D eigenvalue weighted by atomic mass is 9.68. The Morgan fingerprint density at radius 3 is 2.38 bits per heavy atom. The molecule has 2 saturated carbocycles. The van der Waals surface area contributed by atoms with Crippen molar-refractivity contribution < 1.29 is 9.53 Å². The van der Waals surface area contributed by atoms with Crippen molar-refractivity contribution in [2.24, 2.45) is 5.41 Å². The molecule has 0 amide bonds. The predicted molar refractivity (Wildman–Crippen MR) is 50.5 cm³/mol. The molecule has 0 saturated heterocycles. The smallest absolute Gasteiger partial charge is 0.143 e. The summed E-state index contributed by atoms with van der Waals surface area (Å²) in [5, 5.41) is 0. The SMILES string of the molecule is CC1(C)C(=O)CC1OC1CCCC1. The summed E-state index contributed by atoms with van der Waals surface area (Å²) in [6.45, 7) is 4.00. The molecule has 2 aliphatic rings. The lowest BCUT2D eigenvalue weighted by Crippen LogP contribution is -2.52. The summed E-state index contributed by atoms with van der Waals surface area (Å²) in [4.78, 5) is 11.3. The van der Waals surface area contributed by atoms with Crippen LogP contribution in [0.15, 0.2) is 0 Å². The Morgan fingerprint density at radius 2 is 1.92 bits per heavy atom. The van der Waals surface area contributed by atoms with Crippen molar-refractivity contribution in [1.29, 1.82) is 0 Å². The van der Waals surface area contributed by atoms with Gasteiger partial charge in [0, 0.05) is 6.42 Å². The Morgan fingerprint density at radius 1 is 1.31 bits per heavy atom. The van der Waals surface area contributed by atoms with Crippen molar-refractivity contribution >= 4 is 5.78 Å². The van der Waals surface area contributed by atoms with Crippen molar-refractivity contribution in [2.45, 2.75) is 58.2 Å². The van der Waals surface area contributed by atoms with Gasteiger partial charge in [0.15, 0.2) is 0 Å². The van der Waals surface area contributed by atoms with Crippen LogP contribution in [0.1, 0.15) is 46.0 Å². The first kappa shape index (κ1) is 9.20. The molecule has 2 fully saturated rings. The molecule has 2 aliphatic carbocycles. The summed E-state index contributed by atoms with van der Waals surface area (Å²) >= 11 is 0. The van der Waals surface area contributed by atoms with Crippen LogP contribution in [-0.2, 0) is 9.53 Å². The maximum absolute atomic E-state index is 11.3. The Kier molecular flexibility index (Phi) is 2.18. The van der Waals surface area contributed by atoms with E-state index in [0.29, 0.717) is 18.3 Å². The van der Waals surface area contributed by atoms with Gasteiger partial charge >= 0.3 is 0 Å². The van der Waals surface area contributed by atoms with Gasteiger partial charge in [0.1, 0.15) is 5.78 Å². The summed E-state index contributed by atoms with van der Waals surface area (Å²) < 4.78 is 5.91. The molecule has 13 heavy (non-hydrogen) atoms. The minimum atomic E-state index is -0.206. The van der Waals surface area contributed by atoms with Gasteiger partial charge in [0.25, 0.3) is 0 Å². The van der Waals surface area contributed by atoms with Crippen LogP contribution >= 0.6 is 0 Å². The average molecular weight is 182 g/mol. The van der Waals surface area contributed by atoms with Crippen molar-refractivity contribution in [3.8, 4) is 0 Å². The van der Waals surface area contributed by atoms with E-state index in [1.54, 1.807) is 0 Å². The summed E-state index contributed by atoms with van der Waals surface area (Å²) in [6.07, 6.45) is 6.27. The van der Waals surface area contributed by atoms with Gasteiger partial charge < -0.3 is 4.74 Å². The van der Waals surface area contributed by atoms with E-state index >= 15 is 0 Å². The van der Waals surface area contributed by atoms with Gasteiger partial charge in [-0.15, -0.1) is 0 Å². The molecule has 2 heteroatoms. The van der Waals surface area contributed by atoms with Crippen LogP contribution in [0.2, 0.25) is 0 Å². The number of hydrogen-bond donors (Lipinski definition) is 0. The number of carbonyl (C=O) groups excluding carboxylic acids is 1. The lowest BCUT2D eigenvalue weighted by molar-refractivity contribution is -0.165. The van der Waals surface area contributed by atoms with Crippen molar-refractivity contribution in [1.82, 2.24) is 0 Å². The summed E-state index contributed by atoms with van der Waals surface area (Å²) in [5.41, 5.74) is -0.206. The fourth-order valence-corrected chi connectivity index (χ4v) is 2.21. The third kappa shape index (κ3) is 1.52. The topological polar surface area (TPSA) is 26.3 Å². The Labute approximate surface area is 79.7 Å². The lowest BCUT2D eigenvalue weighted by Gasteiger charge is -2.43. The summed E-state index contributed by atoms with van der Waals surface area (Å²) in [6, 6.07) is 0. The number of ether oxygens (including phenoxy) is 1. The van der Waals surface area contributed by atoms with Gasteiger partial charge in [-0.25, -0.2) is 0 Å². The third-order valence-corrected chi connectivity index (χ3v) is 3.55. The highest BCUT2D eigenvalue weighted by atomic mass is 16.5. The van der Waals surface area contributed by atoms with Gasteiger partial charge in [0.2, 0.25) is 0 Å². The predicted octanol–water partition coefficient (Wildman–Crippen LogP) is 2.31. The van der Waals surface area contributed by atoms with E-state index in [2.05, 4.69) is 0 Å². The second kappa shape index (κ2) is 3.09. The number of ketones is 1. The van der Waals surface area contributed by atoms with Crippen molar-refractivity contribution in [3.05, 3.63) is 0 Å². The molecule has 0 heterocycles.